The van der Waals surface area contributed by atoms with Crippen LogP contribution in [-0.2, 0) is 28.6 Å². The van der Waals surface area contributed by atoms with Gasteiger partial charge in [-0.2, -0.15) is 0 Å². The first-order valence-electron chi connectivity index (χ1n) is 25.8. The molecular weight excluding hydrogens is 781 g/mol. The molecule has 1 unspecified atom stereocenters. The Morgan fingerprint density at radius 3 is 1.05 bits per heavy atom. The molecule has 0 radical (unpaired) electrons. The quantitative estimate of drug-likeness (QED) is 0.0199. The minimum atomic E-state index is -0.803. The van der Waals surface area contributed by atoms with Crippen LogP contribution < -0.4 is 0 Å². The summed E-state index contributed by atoms with van der Waals surface area (Å²) in [7, 11) is 0. The van der Waals surface area contributed by atoms with Crippen molar-refractivity contribution >= 4 is 17.9 Å². The molecule has 0 fully saturated rings. The molecule has 6 heteroatoms. The molecule has 0 saturated heterocycles. The van der Waals surface area contributed by atoms with E-state index < -0.39 is 6.10 Å². The number of carbonyl (C=O) groups excluding carboxylic acids is 3. The molecule has 0 heterocycles. The lowest BCUT2D eigenvalue weighted by Crippen LogP contribution is -2.30. The Bertz CT molecular complexity index is 1280. The summed E-state index contributed by atoms with van der Waals surface area (Å²) in [6, 6.07) is 0. The van der Waals surface area contributed by atoms with Gasteiger partial charge in [0.1, 0.15) is 13.2 Å². The summed E-state index contributed by atoms with van der Waals surface area (Å²) in [5.74, 6) is -0.958. The van der Waals surface area contributed by atoms with E-state index in [2.05, 4.69) is 118 Å². The van der Waals surface area contributed by atoms with Crippen LogP contribution in [0.1, 0.15) is 226 Å². The molecule has 0 amide bonds. The number of unbranched alkanes of at least 4 members (excludes halogenated alkanes) is 22. The maximum atomic E-state index is 12.8. The summed E-state index contributed by atoms with van der Waals surface area (Å²) in [5, 5.41) is 0. The number of allylic oxidation sites excluding steroid dienone is 16. The third kappa shape index (κ3) is 49.2. The van der Waals surface area contributed by atoms with Gasteiger partial charge in [0.15, 0.2) is 6.10 Å². The molecular formula is C57H94O6. The Morgan fingerprint density at radius 1 is 0.333 bits per heavy atom. The summed E-state index contributed by atoms with van der Waals surface area (Å²) < 4.78 is 16.8. The summed E-state index contributed by atoms with van der Waals surface area (Å²) >= 11 is 0. The number of esters is 3. The minimum Gasteiger partial charge on any atom is -0.462 e. The second kappa shape index (κ2) is 51.0. The van der Waals surface area contributed by atoms with Crippen molar-refractivity contribution in [2.75, 3.05) is 13.2 Å². The molecule has 1 atom stereocenters. The van der Waals surface area contributed by atoms with Gasteiger partial charge in [-0.05, 0) is 89.9 Å². The molecule has 0 saturated carbocycles. The van der Waals surface area contributed by atoms with Crippen molar-refractivity contribution in [1.82, 2.24) is 0 Å². The van der Waals surface area contributed by atoms with Crippen LogP contribution in [0, 0.1) is 0 Å². The van der Waals surface area contributed by atoms with Gasteiger partial charge in [0.2, 0.25) is 0 Å². The van der Waals surface area contributed by atoms with Gasteiger partial charge in [0, 0.05) is 19.3 Å². The van der Waals surface area contributed by atoms with Crippen LogP contribution in [0.3, 0.4) is 0 Å². The third-order valence-electron chi connectivity index (χ3n) is 10.7. The van der Waals surface area contributed by atoms with Crippen LogP contribution in [-0.4, -0.2) is 37.2 Å². The molecule has 0 N–H and O–H groups in total. The SMILES string of the molecule is CCCCC=CC=CC=CCCCCCCCC(=O)OCC(COC(=O)CCCCCCCC=CCC=CCCCCC)OC(=O)CCCCCCCC=CC=CC=CCCCC. The maximum absolute atomic E-state index is 12.8. The fraction of sp³-hybridized carbons (Fsp3) is 0.667. The molecule has 0 aromatic rings. The van der Waals surface area contributed by atoms with Gasteiger partial charge in [-0.25, -0.2) is 0 Å². The molecule has 0 spiro atoms. The molecule has 0 aromatic heterocycles. The van der Waals surface area contributed by atoms with Gasteiger partial charge < -0.3 is 14.2 Å². The maximum Gasteiger partial charge on any atom is 0.306 e. The number of rotatable bonds is 45. The predicted molar refractivity (Wildman–Crippen MR) is 270 cm³/mol. The fourth-order valence-electron chi connectivity index (χ4n) is 6.68. The Balaban J connectivity index is 4.50. The van der Waals surface area contributed by atoms with Gasteiger partial charge >= 0.3 is 17.9 Å². The molecule has 358 valence electrons. The van der Waals surface area contributed by atoms with Crippen molar-refractivity contribution in [3.63, 3.8) is 0 Å². The van der Waals surface area contributed by atoms with E-state index in [1.165, 1.54) is 51.4 Å². The minimum absolute atomic E-state index is 0.101. The number of hydrogen-bond acceptors (Lipinski definition) is 6. The molecule has 6 nitrogen and oxygen atoms in total. The van der Waals surface area contributed by atoms with E-state index in [1.54, 1.807) is 0 Å². The predicted octanol–water partition coefficient (Wildman–Crippen LogP) is 17.0. The first kappa shape index (κ1) is 59.3. The van der Waals surface area contributed by atoms with E-state index >= 15 is 0 Å². The third-order valence-corrected chi connectivity index (χ3v) is 10.7. The lowest BCUT2D eigenvalue weighted by molar-refractivity contribution is -0.167. The largest absolute Gasteiger partial charge is 0.462 e. The van der Waals surface area contributed by atoms with Crippen LogP contribution in [0.15, 0.2) is 97.2 Å². The Kier molecular flexibility index (Phi) is 48.0. The van der Waals surface area contributed by atoms with E-state index in [0.29, 0.717) is 19.3 Å². The highest BCUT2D eigenvalue weighted by Gasteiger charge is 2.19. The van der Waals surface area contributed by atoms with E-state index in [4.69, 9.17) is 14.2 Å². The lowest BCUT2D eigenvalue weighted by Gasteiger charge is -2.18. The Labute approximate surface area is 387 Å². The second-order valence-corrected chi connectivity index (χ2v) is 16.8. The van der Waals surface area contributed by atoms with Crippen molar-refractivity contribution in [1.29, 1.82) is 0 Å². The van der Waals surface area contributed by atoms with E-state index in [-0.39, 0.29) is 31.1 Å². The summed E-state index contributed by atoms with van der Waals surface area (Å²) in [6.45, 7) is 6.45. The molecule has 0 aliphatic carbocycles. The molecule has 0 aliphatic heterocycles. The number of hydrogen-bond donors (Lipinski definition) is 0. The average molecular weight is 875 g/mol. The van der Waals surface area contributed by atoms with Crippen LogP contribution in [0.4, 0.5) is 0 Å². The van der Waals surface area contributed by atoms with Crippen molar-refractivity contribution in [3.05, 3.63) is 97.2 Å². The van der Waals surface area contributed by atoms with Gasteiger partial charge in [0.05, 0.1) is 0 Å². The summed E-state index contributed by atoms with van der Waals surface area (Å²) in [5.41, 5.74) is 0. The number of ether oxygens (including phenoxy) is 3. The molecule has 0 rings (SSSR count). The van der Waals surface area contributed by atoms with Crippen molar-refractivity contribution in [3.8, 4) is 0 Å². The van der Waals surface area contributed by atoms with E-state index in [0.717, 1.165) is 135 Å². The zero-order valence-electron chi connectivity index (χ0n) is 40.8. The molecule has 0 aliphatic rings. The van der Waals surface area contributed by atoms with Crippen molar-refractivity contribution in [2.45, 2.75) is 232 Å². The van der Waals surface area contributed by atoms with Crippen molar-refractivity contribution < 1.29 is 28.6 Å². The first-order chi connectivity index (χ1) is 31.0. The molecule has 63 heavy (non-hydrogen) atoms. The standard InChI is InChI=1S/C57H94O6/c1-4-7-10-13-16-19-22-25-28-31-34-37-40-43-46-49-55(58)61-52-54(63-57(60)51-48-45-42-39-36-33-30-27-24-21-18-15-12-9-6-3)53-62-56(59)50-47-44-41-38-35-32-29-26-23-20-17-14-11-8-5-2/h13,15-22,24-30,54H,4-12,14,23,31-53H2,1-3H3. The highest BCUT2D eigenvalue weighted by molar-refractivity contribution is 5.71. The Hall–Kier alpha value is -3.67. The smallest absolute Gasteiger partial charge is 0.306 e. The number of carbonyl (C=O) groups is 3. The zero-order valence-corrected chi connectivity index (χ0v) is 40.8. The van der Waals surface area contributed by atoms with Crippen molar-refractivity contribution in [2.24, 2.45) is 0 Å². The second-order valence-electron chi connectivity index (χ2n) is 16.8. The molecule has 0 aromatic carbocycles. The van der Waals surface area contributed by atoms with Crippen LogP contribution in [0.2, 0.25) is 0 Å². The van der Waals surface area contributed by atoms with Gasteiger partial charge in [-0.3, -0.25) is 14.4 Å². The van der Waals surface area contributed by atoms with Gasteiger partial charge in [-0.1, -0.05) is 214 Å². The normalized spacial score (nSPS) is 12.9. The highest BCUT2D eigenvalue weighted by atomic mass is 16.6. The Morgan fingerprint density at radius 2 is 0.651 bits per heavy atom. The monoisotopic (exact) mass is 875 g/mol. The fourth-order valence-corrected chi connectivity index (χ4v) is 6.68. The molecule has 0 bridgehead atoms. The van der Waals surface area contributed by atoms with Gasteiger partial charge in [-0.15, -0.1) is 0 Å². The topological polar surface area (TPSA) is 78.9 Å². The van der Waals surface area contributed by atoms with Crippen LogP contribution in [0.25, 0.3) is 0 Å². The van der Waals surface area contributed by atoms with E-state index in [9.17, 15) is 14.4 Å². The summed E-state index contributed by atoms with van der Waals surface area (Å²) in [4.78, 5) is 38.0. The van der Waals surface area contributed by atoms with E-state index in [1.807, 2.05) is 0 Å². The van der Waals surface area contributed by atoms with Gasteiger partial charge in [0.25, 0.3) is 0 Å². The highest BCUT2D eigenvalue weighted by Crippen LogP contribution is 2.13. The lowest BCUT2D eigenvalue weighted by atomic mass is 10.1. The summed E-state index contributed by atoms with van der Waals surface area (Å²) in [6.07, 6.45) is 66.6. The average Bonchev–Trinajstić information content (AvgIpc) is 3.28. The van der Waals surface area contributed by atoms with Crippen LogP contribution >= 0.6 is 0 Å². The first-order valence-corrected chi connectivity index (χ1v) is 25.8. The zero-order chi connectivity index (χ0) is 45.8. The van der Waals surface area contributed by atoms with Crippen LogP contribution in [0.5, 0.6) is 0 Å².